The Bertz CT molecular complexity index is 587. The lowest BCUT2D eigenvalue weighted by atomic mass is 10.1. The second kappa shape index (κ2) is 4.97. The zero-order chi connectivity index (χ0) is 13.2. The van der Waals surface area contributed by atoms with Gasteiger partial charge in [-0.3, -0.25) is 4.79 Å². The highest BCUT2D eigenvalue weighted by molar-refractivity contribution is 5.97. The molecule has 1 aliphatic heterocycles. The molecule has 100 valence electrons. The number of methoxy groups -OCH3 is 1. The van der Waals surface area contributed by atoms with Gasteiger partial charge in [-0.1, -0.05) is 0 Å². The lowest BCUT2D eigenvalue weighted by molar-refractivity contribution is 0.0351. The molecule has 0 aliphatic carbocycles. The number of hydrogen-bond donors (Lipinski definition) is 1. The number of amides is 1. The molecule has 1 aromatic heterocycles. The van der Waals surface area contributed by atoms with E-state index in [1.54, 1.807) is 19.2 Å². The van der Waals surface area contributed by atoms with Crippen molar-refractivity contribution in [2.75, 3.05) is 20.2 Å². The van der Waals surface area contributed by atoms with E-state index in [-0.39, 0.29) is 12.0 Å². The number of aromatic amines is 1. The Morgan fingerprint density at radius 3 is 2.79 bits per heavy atom. The lowest BCUT2D eigenvalue weighted by Crippen LogP contribution is -2.40. The van der Waals surface area contributed by atoms with Crippen LogP contribution in [0.4, 0.5) is 0 Å². The molecular weight excluding hydrogens is 244 g/mol. The summed E-state index contributed by atoms with van der Waals surface area (Å²) in [6, 6.07) is 5.40. The Morgan fingerprint density at radius 1 is 1.32 bits per heavy atom. The molecule has 6 nitrogen and oxygen atoms in total. The average molecular weight is 260 g/mol. The van der Waals surface area contributed by atoms with Crippen LogP contribution >= 0.6 is 0 Å². The average Bonchev–Trinajstić information content (AvgIpc) is 2.94. The minimum atomic E-state index is 0.0550. The van der Waals surface area contributed by atoms with Crippen molar-refractivity contribution in [1.82, 2.24) is 20.3 Å². The van der Waals surface area contributed by atoms with Crippen LogP contribution in [0.15, 0.2) is 18.2 Å². The molecule has 1 N–H and O–H groups in total. The molecule has 0 unspecified atom stereocenters. The summed E-state index contributed by atoms with van der Waals surface area (Å²) in [7, 11) is 1.72. The standard InChI is InChI=1S/C13H16N4O2/c1-19-10-4-6-17(7-5-10)13(18)9-2-3-11-12(8-9)15-16-14-11/h2-3,8,10H,4-7H2,1H3,(H,14,15,16). The van der Waals surface area contributed by atoms with Gasteiger partial charge in [0.05, 0.1) is 6.10 Å². The zero-order valence-corrected chi connectivity index (χ0v) is 10.8. The minimum absolute atomic E-state index is 0.0550. The molecule has 0 saturated carbocycles. The molecule has 1 aliphatic rings. The molecule has 6 heteroatoms. The van der Waals surface area contributed by atoms with Crippen molar-refractivity contribution >= 4 is 16.9 Å². The van der Waals surface area contributed by atoms with Crippen LogP contribution in [0.2, 0.25) is 0 Å². The second-order valence-corrected chi connectivity index (χ2v) is 4.75. The van der Waals surface area contributed by atoms with Gasteiger partial charge in [0.25, 0.3) is 5.91 Å². The highest BCUT2D eigenvalue weighted by Gasteiger charge is 2.23. The topological polar surface area (TPSA) is 71.1 Å². The van der Waals surface area contributed by atoms with Gasteiger partial charge in [-0.25, -0.2) is 0 Å². The Labute approximate surface area is 110 Å². The molecule has 0 bridgehead atoms. The van der Waals surface area contributed by atoms with Crippen molar-refractivity contribution in [1.29, 1.82) is 0 Å². The molecular formula is C13H16N4O2. The lowest BCUT2D eigenvalue weighted by Gasteiger charge is -2.31. The Morgan fingerprint density at radius 2 is 2.05 bits per heavy atom. The van der Waals surface area contributed by atoms with Gasteiger partial charge in [-0.15, -0.1) is 0 Å². The van der Waals surface area contributed by atoms with E-state index in [0.717, 1.165) is 37.0 Å². The van der Waals surface area contributed by atoms with Gasteiger partial charge >= 0.3 is 0 Å². The largest absolute Gasteiger partial charge is 0.381 e. The quantitative estimate of drug-likeness (QED) is 0.881. The monoisotopic (exact) mass is 260 g/mol. The van der Waals surface area contributed by atoms with Crippen molar-refractivity contribution in [3.8, 4) is 0 Å². The van der Waals surface area contributed by atoms with Crippen molar-refractivity contribution in [2.45, 2.75) is 18.9 Å². The van der Waals surface area contributed by atoms with E-state index in [0.29, 0.717) is 5.56 Å². The number of H-pyrrole nitrogens is 1. The van der Waals surface area contributed by atoms with Crippen molar-refractivity contribution < 1.29 is 9.53 Å². The Kier molecular flexibility index (Phi) is 3.16. The first-order chi connectivity index (χ1) is 9.28. The zero-order valence-electron chi connectivity index (χ0n) is 10.8. The highest BCUT2D eigenvalue weighted by atomic mass is 16.5. The first-order valence-corrected chi connectivity index (χ1v) is 6.40. The van der Waals surface area contributed by atoms with Crippen molar-refractivity contribution in [3.05, 3.63) is 23.8 Å². The fraction of sp³-hybridized carbons (Fsp3) is 0.462. The maximum Gasteiger partial charge on any atom is 0.253 e. The molecule has 0 radical (unpaired) electrons. The molecule has 1 aromatic carbocycles. The maximum atomic E-state index is 12.4. The Balaban J connectivity index is 1.76. The fourth-order valence-corrected chi connectivity index (χ4v) is 2.45. The summed E-state index contributed by atoms with van der Waals surface area (Å²) in [6.45, 7) is 1.49. The summed E-state index contributed by atoms with van der Waals surface area (Å²) in [6.07, 6.45) is 2.07. The van der Waals surface area contributed by atoms with Gasteiger partial charge in [0, 0.05) is 25.8 Å². The number of aromatic nitrogens is 3. The van der Waals surface area contributed by atoms with Gasteiger partial charge in [0.1, 0.15) is 11.0 Å². The molecule has 1 saturated heterocycles. The van der Waals surface area contributed by atoms with E-state index in [1.807, 2.05) is 11.0 Å². The van der Waals surface area contributed by atoms with Crippen LogP contribution in [0, 0.1) is 0 Å². The first-order valence-electron chi connectivity index (χ1n) is 6.40. The van der Waals surface area contributed by atoms with Gasteiger partial charge in [-0.2, -0.15) is 15.4 Å². The van der Waals surface area contributed by atoms with E-state index >= 15 is 0 Å². The maximum absolute atomic E-state index is 12.4. The number of likely N-dealkylation sites (tertiary alicyclic amines) is 1. The van der Waals surface area contributed by atoms with Crippen LogP contribution in [-0.4, -0.2) is 52.5 Å². The number of nitrogens with zero attached hydrogens (tertiary/aromatic N) is 3. The van der Waals surface area contributed by atoms with Gasteiger partial charge in [-0.05, 0) is 31.0 Å². The molecule has 1 amide bonds. The van der Waals surface area contributed by atoms with Gasteiger partial charge in [0.2, 0.25) is 0 Å². The third kappa shape index (κ3) is 2.31. The van der Waals surface area contributed by atoms with Gasteiger partial charge < -0.3 is 9.64 Å². The van der Waals surface area contributed by atoms with Crippen LogP contribution < -0.4 is 0 Å². The summed E-state index contributed by atoms with van der Waals surface area (Å²) < 4.78 is 5.31. The highest BCUT2D eigenvalue weighted by Crippen LogP contribution is 2.17. The molecule has 19 heavy (non-hydrogen) atoms. The molecule has 0 atom stereocenters. The van der Waals surface area contributed by atoms with Crippen LogP contribution in [0.3, 0.4) is 0 Å². The molecule has 2 heterocycles. The number of carbonyl (C=O) groups excluding carboxylic acids is 1. The number of hydrogen-bond acceptors (Lipinski definition) is 4. The summed E-state index contributed by atoms with van der Waals surface area (Å²) in [5, 5.41) is 10.5. The number of benzene rings is 1. The summed E-state index contributed by atoms with van der Waals surface area (Å²) in [5.74, 6) is 0.0550. The third-order valence-corrected chi connectivity index (χ3v) is 3.63. The number of ether oxygens (including phenoxy) is 1. The predicted octanol–water partition coefficient (Wildman–Crippen LogP) is 1.21. The molecule has 2 aromatic rings. The molecule has 1 fully saturated rings. The third-order valence-electron chi connectivity index (χ3n) is 3.63. The van der Waals surface area contributed by atoms with E-state index in [9.17, 15) is 4.79 Å². The van der Waals surface area contributed by atoms with E-state index in [2.05, 4.69) is 15.4 Å². The van der Waals surface area contributed by atoms with Crippen LogP contribution in [-0.2, 0) is 4.74 Å². The Hall–Kier alpha value is -1.95. The van der Waals surface area contributed by atoms with Crippen LogP contribution in [0.5, 0.6) is 0 Å². The number of rotatable bonds is 2. The number of fused-ring (bicyclic) bond motifs is 1. The number of carbonyl (C=O) groups is 1. The number of nitrogens with one attached hydrogen (secondary N) is 1. The second-order valence-electron chi connectivity index (χ2n) is 4.75. The predicted molar refractivity (Wildman–Crippen MR) is 69.8 cm³/mol. The smallest absolute Gasteiger partial charge is 0.253 e. The minimum Gasteiger partial charge on any atom is -0.381 e. The summed E-state index contributed by atoms with van der Waals surface area (Å²) in [4.78, 5) is 14.3. The van der Waals surface area contributed by atoms with E-state index < -0.39 is 0 Å². The summed E-state index contributed by atoms with van der Waals surface area (Å²) in [5.41, 5.74) is 2.16. The molecule has 0 spiro atoms. The van der Waals surface area contributed by atoms with E-state index in [1.165, 1.54) is 0 Å². The van der Waals surface area contributed by atoms with Crippen LogP contribution in [0.25, 0.3) is 11.0 Å². The fourth-order valence-electron chi connectivity index (χ4n) is 2.45. The summed E-state index contributed by atoms with van der Waals surface area (Å²) >= 11 is 0. The van der Waals surface area contributed by atoms with E-state index in [4.69, 9.17) is 4.74 Å². The SMILES string of the molecule is COC1CCN(C(=O)c2ccc3n[nH]nc3c2)CC1. The van der Waals surface area contributed by atoms with Crippen molar-refractivity contribution in [3.63, 3.8) is 0 Å². The van der Waals surface area contributed by atoms with Crippen molar-refractivity contribution in [2.24, 2.45) is 0 Å². The van der Waals surface area contributed by atoms with Crippen LogP contribution in [0.1, 0.15) is 23.2 Å². The van der Waals surface area contributed by atoms with Gasteiger partial charge in [0.15, 0.2) is 0 Å². The normalized spacial score (nSPS) is 17.0. The first kappa shape index (κ1) is 12.1. The molecule has 3 rings (SSSR count). The number of piperidine rings is 1.